The molecule has 0 aliphatic carbocycles. The van der Waals surface area contributed by atoms with E-state index in [4.69, 9.17) is 5.73 Å². The predicted molar refractivity (Wildman–Crippen MR) is 138 cm³/mol. The summed E-state index contributed by atoms with van der Waals surface area (Å²) in [6.45, 7) is 6.76. The number of rotatable bonds is 9. The van der Waals surface area contributed by atoms with Crippen LogP contribution in [-0.2, 0) is 24.3 Å². The Hall–Kier alpha value is -3.26. The van der Waals surface area contributed by atoms with Crippen LogP contribution in [0.5, 0.6) is 0 Å². The van der Waals surface area contributed by atoms with Gasteiger partial charge in [-0.3, -0.25) is 14.2 Å². The SMILES string of the molecule is CC.CSc1ccc(NCCc2ccccc2)c(=O)n1CC(=O)NCc1ccc(N)nc1C. The number of nitrogens with zero attached hydrogens (tertiary/aromatic N) is 2. The number of aromatic nitrogens is 2. The first-order valence-corrected chi connectivity index (χ1v) is 12.2. The lowest BCUT2D eigenvalue weighted by molar-refractivity contribution is -0.122. The quantitative estimate of drug-likeness (QED) is 0.413. The normalized spacial score (nSPS) is 10.2. The Morgan fingerprint density at radius 2 is 1.82 bits per heavy atom. The van der Waals surface area contributed by atoms with Gasteiger partial charge in [-0.1, -0.05) is 50.2 Å². The Labute approximate surface area is 199 Å². The molecule has 0 fully saturated rings. The summed E-state index contributed by atoms with van der Waals surface area (Å²) in [5.41, 5.74) is 8.80. The van der Waals surface area contributed by atoms with Crippen molar-refractivity contribution in [1.29, 1.82) is 0 Å². The lowest BCUT2D eigenvalue weighted by Crippen LogP contribution is -2.34. The average Bonchev–Trinajstić information content (AvgIpc) is 2.83. The number of anilines is 2. The third kappa shape index (κ3) is 7.68. The zero-order valence-corrected chi connectivity index (χ0v) is 20.5. The van der Waals surface area contributed by atoms with Gasteiger partial charge in [0.15, 0.2) is 0 Å². The Balaban J connectivity index is 0.00000187. The molecule has 0 unspecified atom stereocenters. The molecule has 1 amide bonds. The van der Waals surface area contributed by atoms with Crippen LogP contribution < -0.4 is 21.9 Å². The van der Waals surface area contributed by atoms with Gasteiger partial charge in [-0.05, 0) is 48.9 Å². The van der Waals surface area contributed by atoms with Crippen molar-refractivity contribution in [3.05, 3.63) is 81.8 Å². The fourth-order valence-corrected chi connectivity index (χ4v) is 3.77. The standard InChI is InChI=1S/C23H27N5O2S.C2H6/c1-16-18(8-10-20(24)27-16)14-26-21(29)15-28-22(31-2)11-9-19(23(28)30)25-13-12-17-6-4-3-5-7-17;1-2/h3-11,25H,12-15H2,1-2H3,(H2,24,27)(H,26,29);1-2H3. The zero-order valence-electron chi connectivity index (χ0n) is 19.7. The van der Waals surface area contributed by atoms with Crippen LogP contribution >= 0.6 is 11.8 Å². The summed E-state index contributed by atoms with van der Waals surface area (Å²) in [6.07, 6.45) is 2.69. The number of carbonyl (C=O) groups is 1. The molecule has 2 aromatic heterocycles. The summed E-state index contributed by atoms with van der Waals surface area (Å²) >= 11 is 1.43. The van der Waals surface area contributed by atoms with Gasteiger partial charge < -0.3 is 16.4 Å². The lowest BCUT2D eigenvalue weighted by atomic mass is 10.1. The maximum Gasteiger partial charge on any atom is 0.275 e. The Morgan fingerprint density at radius 3 is 2.48 bits per heavy atom. The topological polar surface area (TPSA) is 102 Å². The molecule has 3 rings (SSSR count). The fraction of sp³-hybridized carbons (Fsp3) is 0.320. The molecule has 0 aliphatic rings. The molecule has 3 aromatic rings. The third-order valence-electron chi connectivity index (χ3n) is 4.91. The van der Waals surface area contributed by atoms with Crippen molar-refractivity contribution in [2.24, 2.45) is 0 Å². The van der Waals surface area contributed by atoms with Gasteiger partial charge in [-0.15, -0.1) is 11.8 Å². The molecule has 1 aromatic carbocycles. The molecule has 2 heterocycles. The van der Waals surface area contributed by atoms with Crippen molar-refractivity contribution in [2.75, 3.05) is 23.9 Å². The summed E-state index contributed by atoms with van der Waals surface area (Å²) in [7, 11) is 0. The summed E-state index contributed by atoms with van der Waals surface area (Å²) in [5, 5.41) is 6.80. The first-order valence-electron chi connectivity index (χ1n) is 11.0. The van der Waals surface area contributed by atoms with Gasteiger partial charge in [-0.25, -0.2) is 4.98 Å². The molecule has 0 spiro atoms. The highest BCUT2D eigenvalue weighted by Crippen LogP contribution is 2.15. The molecule has 0 aliphatic heterocycles. The van der Waals surface area contributed by atoms with E-state index in [1.807, 2.05) is 57.4 Å². The van der Waals surface area contributed by atoms with Crippen LogP contribution in [0.15, 0.2) is 64.4 Å². The summed E-state index contributed by atoms with van der Waals surface area (Å²) < 4.78 is 1.50. The van der Waals surface area contributed by atoms with Crippen LogP contribution in [0.2, 0.25) is 0 Å². The van der Waals surface area contributed by atoms with E-state index in [1.54, 1.807) is 12.1 Å². The number of nitrogens with one attached hydrogen (secondary N) is 2. The van der Waals surface area contributed by atoms with E-state index in [0.717, 1.165) is 22.7 Å². The number of benzene rings is 1. The van der Waals surface area contributed by atoms with E-state index >= 15 is 0 Å². The predicted octanol–water partition coefficient (Wildman–Crippen LogP) is 3.85. The molecule has 4 N–H and O–H groups in total. The van der Waals surface area contributed by atoms with Gasteiger partial charge in [0.2, 0.25) is 5.91 Å². The smallest absolute Gasteiger partial charge is 0.275 e. The van der Waals surface area contributed by atoms with Gasteiger partial charge in [0.25, 0.3) is 5.56 Å². The van der Waals surface area contributed by atoms with E-state index in [2.05, 4.69) is 27.8 Å². The highest BCUT2D eigenvalue weighted by atomic mass is 32.2. The first kappa shape index (κ1) is 26.0. The molecule has 0 atom stereocenters. The van der Waals surface area contributed by atoms with Crippen molar-refractivity contribution in [3.63, 3.8) is 0 Å². The molecule has 0 radical (unpaired) electrons. The van der Waals surface area contributed by atoms with Crippen LogP contribution in [0.1, 0.15) is 30.7 Å². The maximum atomic E-state index is 13.0. The summed E-state index contributed by atoms with van der Waals surface area (Å²) in [4.78, 5) is 29.7. The van der Waals surface area contributed by atoms with Crippen LogP contribution in [0.3, 0.4) is 0 Å². The zero-order chi connectivity index (χ0) is 24.2. The number of thioether (sulfide) groups is 1. The van der Waals surface area contributed by atoms with Crippen molar-refractivity contribution < 1.29 is 4.79 Å². The van der Waals surface area contributed by atoms with Gasteiger partial charge >= 0.3 is 0 Å². The number of nitrogens with two attached hydrogens (primary N) is 1. The molecule has 176 valence electrons. The number of hydrogen-bond acceptors (Lipinski definition) is 6. The summed E-state index contributed by atoms with van der Waals surface area (Å²) in [6, 6.07) is 17.3. The summed E-state index contributed by atoms with van der Waals surface area (Å²) in [5.74, 6) is 0.204. The molecular formula is C25H33N5O2S. The minimum atomic E-state index is -0.241. The van der Waals surface area contributed by atoms with Gasteiger partial charge in [0.05, 0.1) is 5.03 Å². The van der Waals surface area contributed by atoms with Crippen LogP contribution in [0, 0.1) is 6.92 Å². The first-order chi connectivity index (χ1) is 16.0. The monoisotopic (exact) mass is 467 g/mol. The molecule has 0 saturated heterocycles. The Morgan fingerprint density at radius 1 is 1.09 bits per heavy atom. The van der Waals surface area contributed by atoms with Crippen LogP contribution in [0.4, 0.5) is 11.5 Å². The van der Waals surface area contributed by atoms with E-state index < -0.39 is 0 Å². The van der Waals surface area contributed by atoms with E-state index in [0.29, 0.717) is 24.6 Å². The highest BCUT2D eigenvalue weighted by molar-refractivity contribution is 7.98. The molecular weight excluding hydrogens is 434 g/mol. The van der Waals surface area contributed by atoms with Gasteiger partial charge in [-0.2, -0.15) is 0 Å². The number of amides is 1. The van der Waals surface area contributed by atoms with Gasteiger partial charge in [0.1, 0.15) is 18.1 Å². The maximum absolute atomic E-state index is 13.0. The van der Waals surface area contributed by atoms with Gasteiger partial charge in [0, 0.05) is 18.8 Å². The van der Waals surface area contributed by atoms with E-state index in [9.17, 15) is 9.59 Å². The minimum absolute atomic E-state index is 0.0509. The second-order valence-electron chi connectivity index (χ2n) is 7.10. The molecule has 8 heteroatoms. The van der Waals surface area contributed by atoms with Crippen molar-refractivity contribution in [2.45, 2.75) is 45.3 Å². The van der Waals surface area contributed by atoms with E-state index in [1.165, 1.54) is 21.9 Å². The molecule has 7 nitrogen and oxygen atoms in total. The third-order valence-corrected chi connectivity index (χ3v) is 5.68. The van der Waals surface area contributed by atoms with Crippen LogP contribution in [-0.4, -0.2) is 28.3 Å². The number of carbonyl (C=O) groups excluding carboxylic acids is 1. The number of pyridine rings is 2. The molecule has 33 heavy (non-hydrogen) atoms. The van der Waals surface area contributed by atoms with E-state index in [-0.39, 0.29) is 18.0 Å². The van der Waals surface area contributed by atoms with Crippen molar-refractivity contribution in [3.8, 4) is 0 Å². The Kier molecular flexibility index (Phi) is 10.5. The fourth-order valence-electron chi connectivity index (χ4n) is 3.20. The number of nitrogen functional groups attached to an aromatic ring is 1. The van der Waals surface area contributed by atoms with Crippen LogP contribution in [0.25, 0.3) is 0 Å². The largest absolute Gasteiger partial charge is 0.384 e. The number of aryl methyl sites for hydroxylation is 1. The van der Waals surface area contributed by atoms with Crippen molar-refractivity contribution in [1.82, 2.24) is 14.9 Å². The number of hydrogen-bond donors (Lipinski definition) is 3. The Bertz CT molecular complexity index is 1100. The minimum Gasteiger partial charge on any atom is -0.384 e. The second-order valence-corrected chi connectivity index (χ2v) is 7.93. The second kappa shape index (κ2) is 13.3. The highest BCUT2D eigenvalue weighted by Gasteiger charge is 2.12. The lowest BCUT2D eigenvalue weighted by Gasteiger charge is -2.14. The average molecular weight is 468 g/mol. The molecule has 0 saturated carbocycles. The molecule has 0 bridgehead atoms. The van der Waals surface area contributed by atoms with Crippen molar-refractivity contribution >= 4 is 29.2 Å².